The fourth-order valence-corrected chi connectivity index (χ4v) is 4.51. The number of carbonyl (C=O) groups is 1. The smallest absolute Gasteiger partial charge is 0.225 e. The summed E-state index contributed by atoms with van der Waals surface area (Å²) in [6.07, 6.45) is 6.05. The highest BCUT2D eigenvalue weighted by atomic mass is 16.5. The van der Waals surface area contributed by atoms with Gasteiger partial charge in [0, 0.05) is 39.2 Å². The molecule has 0 atom stereocenters. The van der Waals surface area contributed by atoms with Gasteiger partial charge in [-0.1, -0.05) is 24.1 Å². The van der Waals surface area contributed by atoms with Gasteiger partial charge in [-0.25, -0.2) is 14.6 Å². The topological polar surface area (TPSA) is 76.4 Å². The highest BCUT2D eigenvalue weighted by molar-refractivity contribution is 5.88. The van der Waals surface area contributed by atoms with Crippen LogP contribution in [-0.4, -0.2) is 63.8 Å². The Labute approximate surface area is 188 Å². The number of nitrogens with zero attached hydrogens (tertiary/aromatic N) is 6. The highest BCUT2D eigenvalue weighted by Crippen LogP contribution is 2.30. The first-order valence-corrected chi connectivity index (χ1v) is 11.5. The van der Waals surface area contributed by atoms with Gasteiger partial charge in [-0.2, -0.15) is 5.10 Å². The molecule has 1 amide bonds. The molecular weight excluding hydrogens is 404 g/mol. The summed E-state index contributed by atoms with van der Waals surface area (Å²) in [5, 5.41) is 5.56. The summed E-state index contributed by atoms with van der Waals surface area (Å²) in [6.45, 7) is 5.55. The molecule has 3 heterocycles. The molecule has 1 aliphatic carbocycles. The Kier molecular flexibility index (Phi) is 5.78. The summed E-state index contributed by atoms with van der Waals surface area (Å²) < 4.78 is 7.21. The number of ether oxygens (including phenoxy) is 1. The molecule has 32 heavy (non-hydrogen) atoms. The lowest BCUT2D eigenvalue weighted by molar-refractivity contribution is -0.137. The maximum absolute atomic E-state index is 12.8. The van der Waals surface area contributed by atoms with Gasteiger partial charge in [0.15, 0.2) is 11.5 Å². The van der Waals surface area contributed by atoms with Crippen LogP contribution in [0.2, 0.25) is 0 Å². The van der Waals surface area contributed by atoms with Gasteiger partial charge < -0.3 is 14.5 Å². The molecule has 5 rings (SSSR count). The van der Waals surface area contributed by atoms with Crippen LogP contribution in [-0.2, 0) is 16.1 Å². The number of hydrogen-bond acceptors (Lipinski definition) is 6. The zero-order chi connectivity index (χ0) is 22.1. The van der Waals surface area contributed by atoms with Crippen LogP contribution in [0.25, 0.3) is 16.7 Å². The van der Waals surface area contributed by atoms with Crippen molar-refractivity contribution in [2.24, 2.45) is 5.92 Å². The van der Waals surface area contributed by atoms with Gasteiger partial charge in [0.25, 0.3) is 0 Å². The van der Waals surface area contributed by atoms with Crippen molar-refractivity contribution in [2.75, 3.05) is 38.2 Å². The van der Waals surface area contributed by atoms with E-state index in [1.165, 1.54) is 12.0 Å². The molecule has 8 nitrogen and oxygen atoms in total. The predicted octanol–water partition coefficient (Wildman–Crippen LogP) is 3.11. The summed E-state index contributed by atoms with van der Waals surface area (Å²) in [5.74, 6) is 2.08. The van der Waals surface area contributed by atoms with E-state index in [1.54, 1.807) is 7.11 Å². The Balaban J connectivity index is 1.47. The molecule has 8 heteroatoms. The first kappa shape index (κ1) is 20.9. The number of methoxy groups -OCH3 is 1. The molecule has 0 radical (unpaired) electrons. The van der Waals surface area contributed by atoms with Crippen LogP contribution in [0.1, 0.15) is 37.1 Å². The number of aryl methyl sites for hydroxylation is 1. The SMILES string of the molecule is COCc1nc(N2CCCN(C(=O)C3CCC3)CC2)c2cnn(-c3ccc(C)cc3)c2n1. The number of anilines is 1. The van der Waals surface area contributed by atoms with Crippen molar-refractivity contribution in [3.8, 4) is 5.69 Å². The summed E-state index contributed by atoms with van der Waals surface area (Å²) >= 11 is 0. The fraction of sp³-hybridized carbons (Fsp3) is 0.500. The van der Waals surface area contributed by atoms with Crippen molar-refractivity contribution in [1.29, 1.82) is 0 Å². The number of benzene rings is 1. The van der Waals surface area contributed by atoms with Crippen molar-refractivity contribution in [2.45, 2.75) is 39.2 Å². The zero-order valence-electron chi connectivity index (χ0n) is 18.8. The van der Waals surface area contributed by atoms with Gasteiger partial charge in [0.1, 0.15) is 12.4 Å². The van der Waals surface area contributed by atoms with Crippen LogP contribution in [0.15, 0.2) is 30.5 Å². The first-order valence-electron chi connectivity index (χ1n) is 11.5. The van der Waals surface area contributed by atoms with Gasteiger partial charge >= 0.3 is 0 Å². The minimum Gasteiger partial charge on any atom is -0.377 e. The molecule has 2 fully saturated rings. The van der Waals surface area contributed by atoms with Crippen molar-refractivity contribution in [1.82, 2.24) is 24.6 Å². The molecule has 1 aromatic carbocycles. The Morgan fingerprint density at radius 2 is 1.88 bits per heavy atom. The first-order chi connectivity index (χ1) is 15.6. The van der Waals surface area contributed by atoms with Crippen LogP contribution in [0.3, 0.4) is 0 Å². The van der Waals surface area contributed by atoms with Crippen LogP contribution in [0.4, 0.5) is 5.82 Å². The summed E-state index contributed by atoms with van der Waals surface area (Å²) in [5.41, 5.74) is 2.94. The van der Waals surface area contributed by atoms with Crippen molar-refractivity contribution in [3.05, 3.63) is 41.9 Å². The summed E-state index contributed by atoms with van der Waals surface area (Å²) in [7, 11) is 1.65. The third-order valence-electron chi connectivity index (χ3n) is 6.57. The lowest BCUT2D eigenvalue weighted by atomic mass is 9.84. The third kappa shape index (κ3) is 3.95. The second-order valence-electron chi connectivity index (χ2n) is 8.82. The van der Waals surface area contributed by atoms with E-state index in [-0.39, 0.29) is 5.92 Å². The quantitative estimate of drug-likeness (QED) is 0.614. The number of amides is 1. The Morgan fingerprint density at radius 1 is 1.06 bits per heavy atom. The predicted molar refractivity (Wildman–Crippen MR) is 123 cm³/mol. The molecule has 2 aromatic heterocycles. The molecule has 0 bridgehead atoms. The molecule has 0 N–H and O–H groups in total. The van der Waals surface area contributed by atoms with E-state index < -0.39 is 0 Å². The summed E-state index contributed by atoms with van der Waals surface area (Å²) in [6, 6.07) is 8.25. The van der Waals surface area contributed by atoms with Gasteiger partial charge in [0.05, 0.1) is 17.3 Å². The van der Waals surface area contributed by atoms with E-state index >= 15 is 0 Å². The zero-order valence-corrected chi connectivity index (χ0v) is 18.8. The van der Waals surface area contributed by atoms with Gasteiger partial charge in [-0.05, 0) is 38.3 Å². The minimum absolute atomic E-state index is 0.244. The van der Waals surface area contributed by atoms with E-state index in [0.29, 0.717) is 18.3 Å². The Hall–Kier alpha value is -3.00. The Morgan fingerprint density at radius 3 is 2.59 bits per heavy atom. The number of aromatic nitrogens is 4. The lowest BCUT2D eigenvalue weighted by Crippen LogP contribution is -2.41. The Bertz CT molecular complexity index is 1110. The highest BCUT2D eigenvalue weighted by Gasteiger charge is 2.31. The van der Waals surface area contributed by atoms with E-state index in [9.17, 15) is 4.79 Å². The fourth-order valence-electron chi connectivity index (χ4n) is 4.51. The van der Waals surface area contributed by atoms with Crippen molar-refractivity contribution >= 4 is 22.8 Å². The molecule has 168 valence electrons. The molecule has 0 spiro atoms. The second-order valence-corrected chi connectivity index (χ2v) is 8.82. The monoisotopic (exact) mass is 434 g/mol. The van der Waals surface area contributed by atoms with Gasteiger partial charge in [-0.3, -0.25) is 4.79 Å². The van der Waals surface area contributed by atoms with Crippen LogP contribution in [0, 0.1) is 12.8 Å². The second kappa shape index (κ2) is 8.86. The average Bonchev–Trinajstić information content (AvgIpc) is 3.01. The van der Waals surface area contributed by atoms with E-state index in [1.807, 2.05) is 15.8 Å². The standard InChI is InChI=1S/C24H30N6O2/c1-17-7-9-19(10-8-17)30-23-20(15-25-30)22(26-21(27-23)16-32-2)28-11-4-12-29(14-13-28)24(31)18-5-3-6-18/h7-10,15,18H,3-6,11-14,16H2,1-2H3. The maximum Gasteiger partial charge on any atom is 0.225 e. The van der Waals surface area contributed by atoms with Crippen LogP contribution >= 0.6 is 0 Å². The normalized spacial score (nSPS) is 17.4. The van der Waals surface area contributed by atoms with Gasteiger partial charge in [-0.15, -0.1) is 0 Å². The minimum atomic E-state index is 0.244. The summed E-state index contributed by atoms with van der Waals surface area (Å²) in [4.78, 5) is 26.7. The lowest BCUT2D eigenvalue weighted by Gasteiger charge is -2.31. The van der Waals surface area contributed by atoms with Crippen LogP contribution < -0.4 is 4.90 Å². The molecular formula is C24H30N6O2. The van der Waals surface area contributed by atoms with Gasteiger partial charge in [0.2, 0.25) is 5.91 Å². The number of carbonyl (C=O) groups excluding carboxylic acids is 1. The third-order valence-corrected chi connectivity index (χ3v) is 6.57. The molecule has 3 aromatic rings. The van der Waals surface area contributed by atoms with E-state index in [4.69, 9.17) is 14.7 Å². The number of fused-ring (bicyclic) bond motifs is 1. The number of hydrogen-bond donors (Lipinski definition) is 0. The molecule has 2 aliphatic rings. The van der Waals surface area contributed by atoms with Crippen molar-refractivity contribution < 1.29 is 9.53 Å². The van der Waals surface area contributed by atoms with Crippen molar-refractivity contribution in [3.63, 3.8) is 0 Å². The molecule has 0 unspecified atom stereocenters. The van der Waals surface area contributed by atoms with E-state index in [0.717, 1.165) is 68.0 Å². The van der Waals surface area contributed by atoms with Crippen LogP contribution in [0.5, 0.6) is 0 Å². The average molecular weight is 435 g/mol. The molecule has 1 saturated carbocycles. The largest absolute Gasteiger partial charge is 0.377 e. The van der Waals surface area contributed by atoms with E-state index in [2.05, 4.69) is 41.2 Å². The maximum atomic E-state index is 12.8. The number of rotatable bonds is 5. The molecule has 1 saturated heterocycles. The molecule has 1 aliphatic heterocycles.